The third kappa shape index (κ3) is 3.32. The van der Waals surface area contributed by atoms with Crippen LogP contribution in [0.1, 0.15) is 5.56 Å². The van der Waals surface area contributed by atoms with E-state index in [0.717, 1.165) is 0 Å². The van der Waals surface area contributed by atoms with E-state index in [1.807, 2.05) is 0 Å². The Bertz CT molecular complexity index is 1540. The van der Waals surface area contributed by atoms with Gasteiger partial charge in [-0.25, -0.2) is 0 Å². The number of hydrogen-bond donors (Lipinski definition) is 0. The highest BCUT2D eigenvalue weighted by Gasteiger charge is 2.17. The van der Waals surface area contributed by atoms with Crippen LogP contribution in [-0.4, -0.2) is 0 Å². The molecular weight excluding hydrogens is 396 g/mol. The Balaban J connectivity index is 1.74. The van der Waals surface area contributed by atoms with E-state index in [9.17, 15) is 0 Å². The van der Waals surface area contributed by atoms with Gasteiger partial charge in [0, 0.05) is 0 Å². The average Bonchev–Trinajstić information content (AvgIpc) is 2.89. The molecule has 0 aliphatic rings. The van der Waals surface area contributed by atoms with Gasteiger partial charge in [-0.3, -0.25) is 0 Å². The van der Waals surface area contributed by atoms with Crippen molar-refractivity contribution in [1.29, 1.82) is 0 Å². The van der Waals surface area contributed by atoms with Crippen LogP contribution in [0.15, 0.2) is 127 Å². The highest BCUT2D eigenvalue weighted by Crippen LogP contribution is 2.44. The molecule has 6 aromatic rings. The number of benzene rings is 6. The van der Waals surface area contributed by atoms with E-state index >= 15 is 0 Å². The van der Waals surface area contributed by atoms with Gasteiger partial charge in [0.15, 0.2) is 0 Å². The lowest BCUT2D eigenvalue weighted by molar-refractivity contribution is 1.47. The van der Waals surface area contributed by atoms with Crippen LogP contribution >= 0.6 is 0 Å². The summed E-state index contributed by atoms with van der Waals surface area (Å²) < 4.78 is 0. The van der Waals surface area contributed by atoms with Crippen molar-refractivity contribution >= 4 is 21.5 Å². The monoisotopic (exact) mass is 420 g/mol. The van der Waals surface area contributed by atoms with Gasteiger partial charge in [0.2, 0.25) is 0 Å². The second-order valence-corrected chi connectivity index (χ2v) is 8.60. The molecule has 6 rings (SSSR count). The third-order valence-corrected chi connectivity index (χ3v) is 6.61. The van der Waals surface area contributed by atoms with Crippen LogP contribution in [0, 0.1) is 6.92 Å². The van der Waals surface area contributed by atoms with Gasteiger partial charge in [0.25, 0.3) is 0 Å². The van der Waals surface area contributed by atoms with Crippen LogP contribution < -0.4 is 0 Å². The highest BCUT2D eigenvalue weighted by atomic mass is 14.2. The summed E-state index contributed by atoms with van der Waals surface area (Å²) in [7, 11) is 0. The summed E-state index contributed by atoms with van der Waals surface area (Å²) in [6.45, 7) is 2.22. The first kappa shape index (κ1) is 19.5. The summed E-state index contributed by atoms with van der Waals surface area (Å²) >= 11 is 0. The first-order valence-corrected chi connectivity index (χ1v) is 11.5. The van der Waals surface area contributed by atoms with E-state index in [0.29, 0.717) is 0 Å². The molecule has 0 aliphatic heterocycles. The third-order valence-electron chi connectivity index (χ3n) is 6.61. The number of rotatable bonds is 3. The smallest absolute Gasteiger partial charge is 0.00235 e. The predicted molar refractivity (Wildman–Crippen MR) is 142 cm³/mol. The van der Waals surface area contributed by atoms with E-state index < -0.39 is 0 Å². The molecule has 0 saturated heterocycles. The lowest BCUT2D eigenvalue weighted by Crippen LogP contribution is -1.93. The molecule has 0 unspecified atom stereocenters. The Morgan fingerprint density at radius 1 is 0.364 bits per heavy atom. The molecule has 0 N–H and O–H groups in total. The Hall–Kier alpha value is -4.16. The van der Waals surface area contributed by atoms with E-state index in [1.165, 1.54) is 60.5 Å². The molecule has 0 nitrogen and oxygen atoms in total. The molecule has 156 valence electrons. The van der Waals surface area contributed by atoms with Crippen molar-refractivity contribution in [2.75, 3.05) is 0 Å². The molecule has 0 bridgehead atoms. The fourth-order valence-corrected chi connectivity index (χ4v) is 5.04. The summed E-state index contributed by atoms with van der Waals surface area (Å²) in [5.41, 5.74) is 8.95. The summed E-state index contributed by atoms with van der Waals surface area (Å²) in [4.78, 5) is 0. The van der Waals surface area contributed by atoms with Crippen molar-refractivity contribution in [2.24, 2.45) is 0 Å². The SMILES string of the molecule is Cc1ccc(-c2ccccc2)cc1-c1c2ccccc2c(-c2ccccc2)c2ccccc12. The molecule has 0 spiro atoms. The summed E-state index contributed by atoms with van der Waals surface area (Å²) in [5.74, 6) is 0. The summed E-state index contributed by atoms with van der Waals surface area (Å²) in [6.07, 6.45) is 0. The first-order chi connectivity index (χ1) is 16.3. The zero-order valence-corrected chi connectivity index (χ0v) is 18.6. The molecule has 0 saturated carbocycles. The van der Waals surface area contributed by atoms with Gasteiger partial charge in [-0.2, -0.15) is 0 Å². The van der Waals surface area contributed by atoms with Crippen LogP contribution in [0.25, 0.3) is 54.9 Å². The van der Waals surface area contributed by atoms with Crippen LogP contribution in [0.3, 0.4) is 0 Å². The molecular formula is C33H24. The second kappa shape index (κ2) is 8.07. The largest absolute Gasteiger partial charge is 0.0622 e. The number of hydrogen-bond acceptors (Lipinski definition) is 0. The molecule has 0 atom stereocenters. The van der Waals surface area contributed by atoms with Gasteiger partial charge in [0.1, 0.15) is 0 Å². The topological polar surface area (TPSA) is 0 Å². The lowest BCUT2D eigenvalue weighted by atomic mass is 9.84. The minimum atomic E-state index is 1.24. The van der Waals surface area contributed by atoms with Crippen molar-refractivity contribution in [3.63, 3.8) is 0 Å². The maximum atomic E-state index is 2.36. The van der Waals surface area contributed by atoms with E-state index in [-0.39, 0.29) is 0 Å². The van der Waals surface area contributed by atoms with Crippen molar-refractivity contribution in [3.8, 4) is 33.4 Å². The average molecular weight is 421 g/mol. The molecule has 0 radical (unpaired) electrons. The minimum Gasteiger partial charge on any atom is -0.0622 e. The van der Waals surface area contributed by atoms with E-state index in [2.05, 4.69) is 134 Å². The summed E-state index contributed by atoms with van der Waals surface area (Å²) in [6, 6.07) is 46.0. The van der Waals surface area contributed by atoms with Crippen LogP contribution in [0.2, 0.25) is 0 Å². The number of fused-ring (bicyclic) bond motifs is 2. The Kier molecular flexibility index (Phi) is 4.78. The minimum absolute atomic E-state index is 1.24. The Morgan fingerprint density at radius 3 is 1.36 bits per heavy atom. The fraction of sp³-hybridized carbons (Fsp3) is 0.0303. The van der Waals surface area contributed by atoms with Crippen molar-refractivity contribution in [3.05, 3.63) is 133 Å². The van der Waals surface area contributed by atoms with Gasteiger partial charge in [-0.15, -0.1) is 0 Å². The molecule has 0 amide bonds. The molecule has 0 aromatic heterocycles. The maximum absolute atomic E-state index is 2.36. The molecule has 6 aromatic carbocycles. The van der Waals surface area contributed by atoms with Crippen molar-refractivity contribution in [1.82, 2.24) is 0 Å². The van der Waals surface area contributed by atoms with E-state index in [1.54, 1.807) is 0 Å². The van der Waals surface area contributed by atoms with Crippen LogP contribution in [0.4, 0.5) is 0 Å². The predicted octanol–water partition coefficient (Wildman–Crippen LogP) is 9.30. The van der Waals surface area contributed by atoms with Gasteiger partial charge in [-0.1, -0.05) is 121 Å². The van der Waals surface area contributed by atoms with Gasteiger partial charge >= 0.3 is 0 Å². The lowest BCUT2D eigenvalue weighted by Gasteiger charge is -2.19. The summed E-state index contributed by atoms with van der Waals surface area (Å²) in [5, 5.41) is 5.18. The molecule has 0 fully saturated rings. The van der Waals surface area contributed by atoms with E-state index in [4.69, 9.17) is 0 Å². The zero-order chi connectivity index (χ0) is 22.2. The van der Waals surface area contributed by atoms with Gasteiger partial charge in [0.05, 0.1) is 0 Å². The molecule has 0 heterocycles. The first-order valence-electron chi connectivity index (χ1n) is 11.5. The zero-order valence-electron chi connectivity index (χ0n) is 18.6. The maximum Gasteiger partial charge on any atom is -0.00235 e. The number of aryl methyl sites for hydroxylation is 1. The van der Waals surface area contributed by atoms with Crippen LogP contribution in [0.5, 0.6) is 0 Å². The highest BCUT2D eigenvalue weighted by molar-refractivity contribution is 6.21. The Labute approximate surface area is 194 Å². The standard InChI is InChI=1S/C33H24/c1-23-20-21-26(24-12-4-2-5-13-24)22-31(23)33-29-18-10-8-16-27(29)32(25-14-6-3-7-15-25)28-17-9-11-19-30(28)33/h2-22H,1H3. The quantitative estimate of drug-likeness (QED) is 0.250. The fourth-order valence-electron chi connectivity index (χ4n) is 5.04. The van der Waals surface area contributed by atoms with Crippen molar-refractivity contribution in [2.45, 2.75) is 6.92 Å². The van der Waals surface area contributed by atoms with Gasteiger partial charge in [-0.05, 0) is 73.5 Å². The normalized spacial score (nSPS) is 11.2. The van der Waals surface area contributed by atoms with Crippen molar-refractivity contribution < 1.29 is 0 Å². The molecule has 33 heavy (non-hydrogen) atoms. The molecule has 0 aliphatic carbocycles. The van der Waals surface area contributed by atoms with Crippen LogP contribution in [-0.2, 0) is 0 Å². The Morgan fingerprint density at radius 2 is 0.818 bits per heavy atom. The van der Waals surface area contributed by atoms with Gasteiger partial charge < -0.3 is 0 Å². The second-order valence-electron chi connectivity index (χ2n) is 8.60. The molecule has 0 heteroatoms.